The van der Waals surface area contributed by atoms with Crippen molar-refractivity contribution in [1.29, 1.82) is 0 Å². The minimum absolute atomic E-state index is 0.169. The van der Waals surface area contributed by atoms with Crippen molar-refractivity contribution in [2.45, 2.75) is 70.7 Å². The van der Waals surface area contributed by atoms with Crippen molar-refractivity contribution in [3.05, 3.63) is 57.7 Å². The molecule has 9 heteroatoms. The van der Waals surface area contributed by atoms with E-state index in [0.717, 1.165) is 43.6 Å². The van der Waals surface area contributed by atoms with E-state index in [2.05, 4.69) is 27.6 Å². The third-order valence-electron chi connectivity index (χ3n) is 5.62. The molecule has 0 spiro atoms. The number of aryl methyl sites for hydroxylation is 1. The number of rotatable bonds is 9. The number of hydrogen-bond donors (Lipinski definition) is 1. The van der Waals surface area contributed by atoms with E-state index in [-0.39, 0.29) is 23.7 Å². The highest BCUT2D eigenvalue weighted by Crippen LogP contribution is 2.39. The molecule has 1 N–H and O–H groups in total. The smallest absolute Gasteiger partial charge is 0.341 e. The third-order valence-corrected chi connectivity index (χ3v) is 7.79. The van der Waals surface area contributed by atoms with Gasteiger partial charge in [-0.25, -0.2) is 4.79 Å². The van der Waals surface area contributed by atoms with Crippen LogP contribution in [0.1, 0.15) is 65.8 Å². The van der Waals surface area contributed by atoms with Gasteiger partial charge < -0.3 is 14.6 Å². The Bertz CT molecular complexity index is 1150. The molecule has 0 unspecified atom stereocenters. The Morgan fingerprint density at radius 3 is 2.68 bits per heavy atom. The van der Waals surface area contributed by atoms with Gasteiger partial charge in [-0.3, -0.25) is 4.79 Å². The summed E-state index contributed by atoms with van der Waals surface area (Å²) >= 11 is 2.86. The molecular formula is C25H30N4O3S2. The zero-order valence-corrected chi connectivity index (χ0v) is 21.4. The second-order valence-electron chi connectivity index (χ2n) is 8.51. The van der Waals surface area contributed by atoms with E-state index >= 15 is 0 Å². The molecule has 0 bridgehead atoms. The van der Waals surface area contributed by atoms with Crippen LogP contribution in [0.3, 0.4) is 0 Å². The average Bonchev–Trinajstić information content (AvgIpc) is 3.38. The van der Waals surface area contributed by atoms with Crippen molar-refractivity contribution in [1.82, 2.24) is 14.8 Å². The number of thiophene rings is 1. The molecule has 1 aliphatic carbocycles. The van der Waals surface area contributed by atoms with Gasteiger partial charge in [-0.2, -0.15) is 0 Å². The summed E-state index contributed by atoms with van der Waals surface area (Å²) in [6.45, 7) is 6.44. The molecule has 2 aromatic heterocycles. The topological polar surface area (TPSA) is 86.1 Å². The molecule has 3 aromatic rings. The summed E-state index contributed by atoms with van der Waals surface area (Å²) in [7, 11) is 0. The van der Waals surface area contributed by atoms with Crippen LogP contribution in [0.5, 0.6) is 0 Å². The minimum Gasteiger partial charge on any atom is -0.459 e. The number of thioether (sulfide) groups is 1. The second kappa shape index (κ2) is 11.2. The van der Waals surface area contributed by atoms with Crippen LogP contribution < -0.4 is 5.32 Å². The maximum Gasteiger partial charge on any atom is 0.341 e. The minimum atomic E-state index is -0.353. The van der Waals surface area contributed by atoms with Crippen LogP contribution >= 0.6 is 23.1 Å². The summed E-state index contributed by atoms with van der Waals surface area (Å²) in [5.74, 6) is 0.539. The molecule has 34 heavy (non-hydrogen) atoms. The quantitative estimate of drug-likeness (QED) is 0.325. The first-order chi connectivity index (χ1) is 16.5. The molecule has 1 aromatic carbocycles. The number of anilines is 1. The summed E-state index contributed by atoms with van der Waals surface area (Å²) in [6, 6.07) is 10.1. The van der Waals surface area contributed by atoms with Gasteiger partial charge in [-0.15, -0.1) is 21.5 Å². The van der Waals surface area contributed by atoms with E-state index in [0.29, 0.717) is 22.1 Å². The number of aromatic nitrogens is 3. The molecule has 2 heterocycles. The van der Waals surface area contributed by atoms with E-state index in [1.807, 2.05) is 43.5 Å². The lowest BCUT2D eigenvalue weighted by Crippen LogP contribution is -2.19. The van der Waals surface area contributed by atoms with Gasteiger partial charge >= 0.3 is 5.97 Å². The maximum atomic E-state index is 12.9. The fourth-order valence-corrected chi connectivity index (χ4v) is 6.20. The van der Waals surface area contributed by atoms with Crippen LogP contribution in [0.25, 0.3) is 0 Å². The van der Waals surface area contributed by atoms with Gasteiger partial charge in [-0.05, 0) is 57.6 Å². The van der Waals surface area contributed by atoms with E-state index in [9.17, 15) is 9.59 Å². The molecule has 0 fully saturated rings. The highest BCUT2D eigenvalue weighted by atomic mass is 32.2. The molecule has 0 saturated heterocycles. The fraction of sp³-hybridized carbons (Fsp3) is 0.440. The Hall–Kier alpha value is -2.65. The van der Waals surface area contributed by atoms with Crippen LogP contribution in [0.4, 0.5) is 5.00 Å². The van der Waals surface area contributed by atoms with E-state index in [4.69, 9.17) is 4.74 Å². The number of fused-ring (bicyclic) bond motifs is 1. The van der Waals surface area contributed by atoms with E-state index < -0.39 is 0 Å². The standard InChI is InChI=1S/C25H30N4O3S2/c1-4-29-20(14-17-10-6-5-7-11-17)27-28-25(29)33-15-21(30)26-23-22(24(31)32-16(2)3)18-12-8-9-13-19(18)34-23/h5-7,10-11,16H,4,8-9,12-15H2,1-3H3,(H,26,30). The Balaban J connectivity index is 1.45. The van der Waals surface area contributed by atoms with Gasteiger partial charge in [0.2, 0.25) is 5.91 Å². The van der Waals surface area contributed by atoms with Gasteiger partial charge in [0.1, 0.15) is 10.8 Å². The van der Waals surface area contributed by atoms with Crippen molar-refractivity contribution < 1.29 is 14.3 Å². The van der Waals surface area contributed by atoms with Gasteiger partial charge in [0.15, 0.2) is 5.16 Å². The molecule has 0 radical (unpaired) electrons. The molecular weight excluding hydrogens is 468 g/mol. The van der Waals surface area contributed by atoms with E-state index in [1.54, 1.807) is 0 Å². The number of nitrogens with one attached hydrogen (secondary N) is 1. The molecule has 1 aliphatic rings. The highest BCUT2D eigenvalue weighted by molar-refractivity contribution is 7.99. The average molecular weight is 499 g/mol. The largest absolute Gasteiger partial charge is 0.459 e. The van der Waals surface area contributed by atoms with Crippen LogP contribution in [-0.2, 0) is 35.3 Å². The Morgan fingerprint density at radius 1 is 1.18 bits per heavy atom. The van der Waals surface area contributed by atoms with Crippen LogP contribution in [0.15, 0.2) is 35.5 Å². The van der Waals surface area contributed by atoms with Crippen molar-refractivity contribution in [2.75, 3.05) is 11.1 Å². The highest BCUT2D eigenvalue weighted by Gasteiger charge is 2.28. The first kappa shape index (κ1) is 24.5. The van der Waals surface area contributed by atoms with Crippen molar-refractivity contribution >= 4 is 40.0 Å². The lowest BCUT2D eigenvalue weighted by Gasteiger charge is -2.14. The molecule has 0 saturated carbocycles. The van der Waals surface area contributed by atoms with Gasteiger partial charge in [0.05, 0.1) is 17.4 Å². The molecule has 0 aliphatic heterocycles. The summed E-state index contributed by atoms with van der Waals surface area (Å²) < 4.78 is 7.53. The maximum absolute atomic E-state index is 12.9. The zero-order valence-electron chi connectivity index (χ0n) is 19.8. The zero-order chi connectivity index (χ0) is 24.1. The molecule has 4 rings (SSSR count). The summed E-state index contributed by atoms with van der Waals surface area (Å²) in [5, 5.41) is 13.0. The monoisotopic (exact) mass is 498 g/mol. The van der Waals surface area contributed by atoms with Crippen LogP contribution in [0, 0.1) is 0 Å². The number of benzene rings is 1. The predicted molar refractivity (Wildman–Crippen MR) is 136 cm³/mol. The third kappa shape index (κ3) is 5.70. The number of carbonyl (C=O) groups excluding carboxylic acids is 2. The Morgan fingerprint density at radius 2 is 1.94 bits per heavy atom. The fourth-order valence-electron chi connectivity index (χ4n) is 4.09. The van der Waals surface area contributed by atoms with Crippen molar-refractivity contribution in [3.63, 3.8) is 0 Å². The van der Waals surface area contributed by atoms with Gasteiger partial charge in [0, 0.05) is 17.8 Å². The van der Waals surface area contributed by atoms with Gasteiger partial charge in [0.25, 0.3) is 0 Å². The summed E-state index contributed by atoms with van der Waals surface area (Å²) in [4.78, 5) is 26.9. The lowest BCUT2D eigenvalue weighted by molar-refractivity contribution is -0.113. The second-order valence-corrected chi connectivity index (χ2v) is 10.6. The van der Waals surface area contributed by atoms with Crippen molar-refractivity contribution in [2.24, 2.45) is 0 Å². The Kier molecular flexibility index (Phi) is 8.05. The molecule has 1 amide bonds. The molecule has 180 valence electrons. The SMILES string of the molecule is CCn1c(Cc2ccccc2)nnc1SCC(=O)Nc1sc2c(c1C(=O)OC(C)C)CCCC2. The predicted octanol–water partition coefficient (Wildman–Crippen LogP) is 5.13. The summed E-state index contributed by atoms with van der Waals surface area (Å²) in [6.07, 6.45) is 4.42. The number of esters is 1. The number of ether oxygens (including phenoxy) is 1. The van der Waals surface area contributed by atoms with E-state index in [1.165, 1.54) is 33.5 Å². The number of hydrogen-bond acceptors (Lipinski definition) is 7. The van der Waals surface area contributed by atoms with Crippen molar-refractivity contribution in [3.8, 4) is 0 Å². The Labute approximate surface area is 208 Å². The van der Waals surface area contributed by atoms with Crippen LogP contribution in [-0.4, -0.2) is 38.5 Å². The molecule has 0 atom stereocenters. The first-order valence-corrected chi connectivity index (χ1v) is 13.5. The number of carbonyl (C=O) groups is 2. The molecule has 7 nitrogen and oxygen atoms in total. The number of amides is 1. The summed E-state index contributed by atoms with van der Waals surface area (Å²) in [5.41, 5.74) is 2.75. The van der Waals surface area contributed by atoms with Crippen LogP contribution in [0.2, 0.25) is 0 Å². The lowest BCUT2D eigenvalue weighted by atomic mass is 9.95. The number of nitrogens with zero attached hydrogens (tertiary/aromatic N) is 3. The first-order valence-electron chi connectivity index (χ1n) is 11.7. The van der Waals surface area contributed by atoms with Gasteiger partial charge in [-0.1, -0.05) is 42.1 Å². The normalized spacial score (nSPS) is 13.1.